The number of hydrogen-bond acceptors (Lipinski definition) is 7. The first-order valence-electron chi connectivity index (χ1n) is 12.0. The summed E-state index contributed by atoms with van der Waals surface area (Å²) in [6.07, 6.45) is 3.12. The molecule has 1 fully saturated rings. The standard InChI is InChI=1S/C29H27NO6/c1-16-7-12-24-20(13-16)28(32)21(15-35-24)26-25(17(2)30-22-5-4-6-23(31)27(22)26)29(33)36-14-18-8-10-19(34-3)11-9-18/h7-13,15,26-27H,4-6,14H2,1-3H3/t26-,27?/m0/s1. The van der Waals surface area contributed by atoms with Crippen molar-refractivity contribution in [1.29, 1.82) is 0 Å². The maximum Gasteiger partial charge on any atom is 0.336 e. The third-order valence-corrected chi connectivity index (χ3v) is 6.95. The molecule has 36 heavy (non-hydrogen) atoms. The predicted molar refractivity (Wildman–Crippen MR) is 135 cm³/mol. The SMILES string of the molecule is COc1ccc(COC(=O)C2=C(C)N=C3CCCC(=O)C3[C@H]2c2coc3ccc(C)cc3c2=O)cc1. The number of hydrogen-bond donors (Lipinski definition) is 0. The lowest BCUT2D eigenvalue weighted by atomic mass is 9.69. The Labute approximate surface area is 208 Å². The third-order valence-electron chi connectivity index (χ3n) is 6.95. The van der Waals surface area contributed by atoms with Crippen molar-refractivity contribution in [2.24, 2.45) is 10.9 Å². The molecule has 2 atom stereocenters. The lowest BCUT2D eigenvalue weighted by molar-refractivity contribution is -0.140. The Morgan fingerprint density at radius 3 is 2.58 bits per heavy atom. The van der Waals surface area contributed by atoms with Gasteiger partial charge in [0.15, 0.2) is 5.43 Å². The van der Waals surface area contributed by atoms with Gasteiger partial charge in [0.1, 0.15) is 23.7 Å². The van der Waals surface area contributed by atoms with Gasteiger partial charge < -0.3 is 13.9 Å². The summed E-state index contributed by atoms with van der Waals surface area (Å²) in [5, 5.41) is 0.420. The Kier molecular flexibility index (Phi) is 6.31. The van der Waals surface area contributed by atoms with E-state index in [1.54, 1.807) is 38.3 Å². The Bertz CT molecular complexity index is 1480. The van der Waals surface area contributed by atoms with Crippen LogP contribution in [-0.2, 0) is 20.9 Å². The van der Waals surface area contributed by atoms with Crippen LogP contribution in [0.5, 0.6) is 5.75 Å². The first kappa shape index (κ1) is 23.7. The van der Waals surface area contributed by atoms with Gasteiger partial charge in [0, 0.05) is 29.3 Å². The van der Waals surface area contributed by atoms with Crippen molar-refractivity contribution in [3.63, 3.8) is 0 Å². The number of carbonyl (C=O) groups is 2. The summed E-state index contributed by atoms with van der Waals surface area (Å²) in [6.45, 7) is 3.66. The molecule has 0 bridgehead atoms. The van der Waals surface area contributed by atoms with E-state index in [1.165, 1.54) is 6.26 Å². The van der Waals surface area contributed by atoms with Crippen molar-refractivity contribution < 1.29 is 23.5 Å². The maximum absolute atomic E-state index is 13.7. The largest absolute Gasteiger partial charge is 0.497 e. The van der Waals surface area contributed by atoms with Crippen LogP contribution in [0, 0.1) is 12.8 Å². The molecule has 0 saturated heterocycles. The van der Waals surface area contributed by atoms with Crippen LogP contribution in [0.2, 0.25) is 0 Å². The van der Waals surface area contributed by atoms with Crippen LogP contribution in [0.3, 0.4) is 0 Å². The molecule has 1 aromatic heterocycles. The number of rotatable bonds is 5. The fourth-order valence-corrected chi connectivity index (χ4v) is 5.14. The van der Waals surface area contributed by atoms with Crippen molar-refractivity contribution >= 4 is 28.4 Å². The van der Waals surface area contributed by atoms with E-state index >= 15 is 0 Å². The molecule has 7 nitrogen and oxygen atoms in total. The second-order valence-corrected chi connectivity index (χ2v) is 9.32. The van der Waals surface area contributed by atoms with Gasteiger partial charge in [0.25, 0.3) is 0 Å². The van der Waals surface area contributed by atoms with Crippen molar-refractivity contribution in [1.82, 2.24) is 0 Å². The van der Waals surface area contributed by atoms with Gasteiger partial charge in [-0.15, -0.1) is 0 Å². The molecule has 0 N–H and O–H groups in total. The van der Waals surface area contributed by atoms with Crippen LogP contribution < -0.4 is 10.2 Å². The number of fused-ring (bicyclic) bond motifs is 2. The molecule has 7 heteroatoms. The molecular formula is C29H27NO6. The highest BCUT2D eigenvalue weighted by Gasteiger charge is 2.45. The lowest BCUT2D eigenvalue weighted by Crippen LogP contribution is -2.40. The molecule has 0 radical (unpaired) electrons. The first-order chi connectivity index (χ1) is 17.4. The summed E-state index contributed by atoms with van der Waals surface area (Å²) in [6, 6.07) is 12.6. The predicted octanol–water partition coefficient (Wildman–Crippen LogP) is 5.03. The smallest absolute Gasteiger partial charge is 0.336 e. The molecule has 184 valence electrons. The maximum atomic E-state index is 13.7. The summed E-state index contributed by atoms with van der Waals surface area (Å²) in [7, 11) is 1.58. The minimum atomic E-state index is -0.810. The van der Waals surface area contributed by atoms with Crippen LogP contribution >= 0.6 is 0 Å². The number of esters is 1. The normalized spacial score (nSPS) is 19.6. The zero-order valence-corrected chi connectivity index (χ0v) is 20.5. The number of nitrogens with zero attached hydrogens (tertiary/aromatic N) is 1. The highest BCUT2D eigenvalue weighted by Crippen LogP contribution is 2.42. The molecule has 5 rings (SSSR count). The topological polar surface area (TPSA) is 95.2 Å². The molecule has 2 aliphatic rings. The van der Waals surface area contributed by atoms with Gasteiger partial charge in [-0.25, -0.2) is 4.79 Å². The summed E-state index contributed by atoms with van der Waals surface area (Å²) in [4.78, 5) is 45.0. The quantitative estimate of drug-likeness (QED) is 0.470. The number of aryl methyl sites for hydroxylation is 1. The van der Waals surface area contributed by atoms with Gasteiger partial charge in [0.05, 0.1) is 30.3 Å². The molecular weight excluding hydrogens is 458 g/mol. The van der Waals surface area contributed by atoms with E-state index in [0.29, 0.717) is 47.4 Å². The van der Waals surface area contributed by atoms with Gasteiger partial charge in [-0.1, -0.05) is 23.8 Å². The fraction of sp³-hybridized carbons (Fsp3) is 0.310. The van der Waals surface area contributed by atoms with Crippen LogP contribution in [0.15, 0.2) is 74.2 Å². The van der Waals surface area contributed by atoms with Crippen LogP contribution in [0.4, 0.5) is 0 Å². The number of carbonyl (C=O) groups excluding carboxylic acids is 2. The first-order valence-corrected chi connectivity index (χ1v) is 12.0. The molecule has 1 saturated carbocycles. The average molecular weight is 486 g/mol. The van der Waals surface area contributed by atoms with E-state index in [0.717, 1.165) is 11.1 Å². The number of ketones is 1. The average Bonchev–Trinajstić information content (AvgIpc) is 2.87. The highest BCUT2D eigenvalue weighted by atomic mass is 16.5. The zero-order chi connectivity index (χ0) is 25.4. The molecule has 0 amide bonds. The second kappa shape index (κ2) is 9.57. The number of methoxy groups -OCH3 is 1. The number of Topliss-reactive ketones (excluding diaryl/α,β-unsaturated/α-hetero) is 1. The van der Waals surface area contributed by atoms with E-state index < -0.39 is 17.8 Å². The van der Waals surface area contributed by atoms with Crippen molar-refractivity contribution in [3.8, 4) is 5.75 Å². The van der Waals surface area contributed by atoms with E-state index in [-0.39, 0.29) is 29.0 Å². The van der Waals surface area contributed by atoms with Crippen LogP contribution in [-0.4, -0.2) is 24.6 Å². The van der Waals surface area contributed by atoms with Gasteiger partial charge in [-0.3, -0.25) is 14.6 Å². The van der Waals surface area contributed by atoms with E-state index in [1.807, 2.05) is 25.1 Å². The molecule has 3 aromatic rings. The van der Waals surface area contributed by atoms with Gasteiger partial charge in [-0.2, -0.15) is 0 Å². The van der Waals surface area contributed by atoms with Gasteiger partial charge in [-0.05, 0) is 56.5 Å². The lowest BCUT2D eigenvalue weighted by Gasteiger charge is -2.35. The number of allylic oxidation sites excluding steroid dienone is 1. The highest BCUT2D eigenvalue weighted by molar-refractivity contribution is 6.11. The molecule has 1 unspecified atom stereocenters. The van der Waals surface area contributed by atoms with Gasteiger partial charge >= 0.3 is 5.97 Å². The van der Waals surface area contributed by atoms with Gasteiger partial charge in [0.2, 0.25) is 0 Å². The monoisotopic (exact) mass is 485 g/mol. The van der Waals surface area contributed by atoms with E-state index in [4.69, 9.17) is 13.9 Å². The molecule has 1 aliphatic heterocycles. The molecule has 2 aromatic carbocycles. The Hall–Kier alpha value is -4.00. The zero-order valence-electron chi connectivity index (χ0n) is 20.5. The van der Waals surface area contributed by atoms with Crippen molar-refractivity contribution in [3.05, 3.63) is 86.9 Å². The molecule has 0 spiro atoms. The van der Waals surface area contributed by atoms with Crippen LogP contribution in [0.1, 0.15) is 48.8 Å². The Balaban J connectivity index is 1.57. The number of ether oxygens (including phenoxy) is 2. The minimum Gasteiger partial charge on any atom is -0.497 e. The molecule has 1 aliphatic carbocycles. The van der Waals surface area contributed by atoms with Crippen molar-refractivity contribution in [2.45, 2.75) is 45.6 Å². The summed E-state index contributed by atoms with van der Waals surface area (Å²) in [5.74, 6) is -1.42. The van der Waals surface area contributed by atoms with E-state index in [2.05, 4.69) is 4.99 Å². The van der Waals surface area contributed by atoms with Crippen LogP contribution in [0.25, 0.3) is 11.0 Å². The summed E-state index contributed by atoms with van der Waals surface area (Å²) >= 11 is 0. The summed E-state index contributed by atoms with van der Waals surface area (Å²) < 4.78 is 16.7. The van der Waals surface area contributed by atoms with Crippen molar-refractivity contribution in [2.75, 3.05) is 7.11 Å². The Morgan fingerprint density at radius 2 is 1.83 bits per heavy atom. The Morgan fingerprint density at radius 1 is 1.06 bits per heavy atom. The second-order valence-electron chi connectivity index (χ2n) is 9.32. The number of aliphatic imine (C=N–C) groups is 1. The van der Waals surface area contributed by atoms with E-state index in [9.17, 15) is 14.4 Å². The summed E-state index contributed by atoms with van der Waals surface area (Å²) in [5.41, 5.74) is 3.58. The third kappa shape index (κ3) is 4.26. The minimum absolute atomic E-state index is 0.0262. The fourth-order valence-electron chi connectivity index (χ4n) is 5.14. The molecule has 2 heterocycles. The number of benzene rings is 2.